The predicted molar refractivity (Wildman–Crippen MR) is 73.4 cm³/mol. The van der Waals surface area contributed by atoms with Crippen molar-refractivity contribution in [1.29, 1.82) is 0 Å². The van der Waals surface area contributed by atoms with Gasteiger partial charge in [0.25, 0.3) is 0 Å². The molecule has 1 aliphatic rings. The molecule has 0 unspecified atom stereocenters. The maximum Gasteiger partial charge on any atom is 0.411 e. The summed E-state index contributed by atoms with van der Waals surface area (Å²) in [5, 5.41) is 3.52. The Morgan fingerprint density at radius 1 is 1.17 bits per heavy atom. The second-order valence-corrected chi connectivity index (χ2v) is 5.23. The van der Waals surface area contributed by atoms with Crippen LogP contribution < -0.4 is 5.32 Å². The summed E-state index contributed by atoms with van der Waals surface area (Å²) in [6.45, 7) is 0. The van der Waals surface area contributed by atoms with Gasteiger partial charge in [-0.3, -0.25) is 5.32 Å². The first-order chi connectivity index (χ1) is 8.65. The number of rotatable bonds is 2. The minimum atomic E-state index is -0.430. The Kier molecular flexibility index (Phi) is 4.72. The van der Waals surface area contributed by atoms with Crippen molar-refractivity contribution in [2.75, 3.05) is 5.32 Å². The van der Waals surface area contributed by atoms with Crippen LogP contribution in [0.25, 0.3) is 0 Å². The van der Waals surface area contributed by atoms with E-state index in [1.165, 1.54) is 6.42 Å². The van der Waals surface area contributed by atoms with Crippen LogP contribution in [-0.4, -0.2) is 12.2 Å². The smallest absolute Gasteiger partial charge is 0.411 e. The fraction of sp³-hybridized carbons (Fsp3) is 0.462. The largest absolute Gasteiger partial charge is 0.446 e. The molecule has 1 aliphatic carbocycles. The summed E-state index contributed by atoms with van der Waals surface area (Å²) in [6.07, 6.45) is 5.01. The van der Waals surface area contributed by atoms with Crippen molar-refractivity contribution in [3.05, 3.63) is 28.2 Å². The lowest BCUT2D eigenvalue weighted by atomic mass is 9.98. The molecule has 1 amide bonds. The summed E-state index contributed by atoms with van der Waals surface area (Å²) in [4.78, 5) is 11.7. The molecule has 2 rings (SSSR count). The van der Waals surface area contributed by atoms with Gasteiger partial charge in [0.15, 0.2) is 0 Å². The van der Waals surface area contributed by atoms with E-state index in [0.717, 1.165) is 25.7 Å². The predicted octanol–water partition coefficient (Wildman–Crippen LogP) is 4.87. The molecule has 1 aromatic carbocycles. The van der Waals surface area contributed by atoms with Gasteiger partial charge in [-0.05, 0) is 43.9 Å². The quantitative estimate of drug-likeness (QED) is 0.842. The van der Waals surface area contributed by atoms with Crippen LogP contribution in [0.15, 0.2) is 18.2 Å². The van der Waals surface area contributed by atoms with E-state index >= 15 is 0 Å². The van der Waals surface area contributed by atoms with Crippen LogP contribution in [0.4, 0.5) is 10.5 Å². The van der Waals surface area contributed by atoms with E-state index in [1.807, 2.05) is 0 Å². The molecule has 1 saturated carbocycles. The molecule has 0 radical (unpaired) electrons. The zero-order valence-electron chi connectivity index (χ0n) is 9.92. The van der Waals surface area contributed by atoms with Gasteiger partial charge in [0.05, 0.1) is 10.0 Å². The minimum Gasteiger partial charge on any atom is -0.446 e. The van der Waals surface area contributed by atoms with Crippen LogP contribution in [-0.2, 0) is 4.74 Å². The molecule has 0 saturated heterocycles. The lowest BCUT2D eigenvalue weighted by Gasteiger charge is -2.21. The van der Waals surface area contributed by atoms with Crippen molar-refractivity contribution in [3.63, 3.8) is 0 Å². The Hall–Kier alpha value is -0.930. The van der Waals surface area contributed by atoms with Crippen molar-refractivity contribution in [1.82, 2.24) is 0 Å². The number of hydrogen-bond donors (Lipinski definition) is 1. The number of carbonyl (C=O) groups is 1. The van der Waals surface area contributed by atoms with E-state index in [4.69, 9.17) is 27.9 Å². The number of halogens is 2. The summed E-state index contributed by atoms with van der Waals surface area (Å²) in [5.74, 6) is 0. The monoisotopic (exact) mass is 287 g/mol. The number of amides is 1. The molecule has 18 heavy (non-hydrogen) atoms. The van der Waals surface area contributed by atoms with Crippen LogP contribution in [0.5, 0.6) is 0 Å². The van der Waals surface area contributed by atoms with Gasteiger partial charge >= 0.3 is 6.09 Å². The highest BCUT2D eigenvalue weighted by Gasteiger charge is 2.17. The van der Waals surface area contributed by atoms with Crippen LogP contribution >= 0.6 is 23.2 Å². The second-order valence-electron chi connectivity index (χ2n) is 4.42. The summed E-state index contributed by atoms with van der Waals surface area (Å²) in [7, 11) is 0. The van der Waals surface area contributed by atoms with Crippen LogP contribution in [0.1, 0.15) is 32.1 Å². The average Bonchev–Trinajstić information content (AvgIpc) is 2.35. The van der Waals surface area contributed by atoms with Crippen molar-refractivity contribution in [3.8, 4) is 0 Å². The third kappa shape index (κ3) is 3.79. The number of benzene rings is 1. The van der Waals surface area contributed by atoms with Crippen LogP contribution in [0, 0.1) is 0 Å². The van der Waals surface area contributed by atoms with E-state index in [0.29, 0.717) is 15.7 Å². The Morgan fingerprint density at radius 3 is 2.56 bits per heavy atom. The van der Waals surface area contributed by atoms with Gasteiger partial charge in [0, 0.05) is 5.69 Å². The maximum atomic E-state index is 11.7. The van der Waals surface area contributed by atoms with Crippen LogP contribution in [0.2, 0.25) is 10.0 Å². The van der Waals surface area contributed by atoms with Crippen molar-refractivity contribution in [2.24, 2.45) is 0 Å². The Balaban J connectivity index is 1.88. The molecule has 0 aromatic heterocycles. The summed E-state index contributed by atoms with van der Waals surface area (Å²) >= 11 is 11.7. The van der Waals surface area contributed by atoms with Crippen molar-refractivity contribution >= 4 is 35.0 Å². The third-order valence-corrected chi connectivity index (χ3v) is 3.73. The first kappa shape index (κ1) is 13.5. The molecule has 0 bridgehead atoms. The highest BCUT2D eigenvalue weighted by atomic mass is 35.5. The molecule has 1 aromatic rings. The summed E-state index contributed by atoms with van der Waals surface area (Å²) in [6, 6.07) is 4.93. The number of carbonyl (C=O) groups excluding carboxylic acids is 1. The molecular weight excluding hydrogens is 273 g/mol. The number of ether oxygens (including phenoxy) is 1. The normalized spacial score (nSPS) is 16.3. The molecule has 0 spiro atoms. The van der Waals surface area contributed by atoms with Gasteiger partial charge < -0.3 is 4.74 Å². The number of nitrogens with one attached hydrogen (secondary N) is 1. The minimum absolute atomic E-state index is 0.0431. The van der Waals surface area contributed by atoms with Gasteiger partial charge in [-0.15, -0.1) is 0 Å². The molecule has 0 heterocycles. The molecule has 1 N–H and O–H groups in total. The van der Waals surface area contributed by atoms with E-state index < -0.39 is 6.09 Å². The zero-order chi connectivity index (χ0) is 13.0. The molecule has 5 heteroatoms. The van der Waals surface area contributed by atoms with Crippen molar-refractivity contribution in [2.45, 2.75) is 38.2 Å². The standard InChI is InChI=1S/C13H15Cl2NO2/c14-11-7-6-9(8-12(11)15)16-13(17)18-10-4-2-1-3-5-10/h6-8,10H,1-5H2,(H,16,17). The Labute approximate surface area is 116 Å². The SMILES string of the molecule is O=C(Nc1ccc(Cl)c(Cl)c1)OC1CCCCC1. The molecule has 3 nitrogen and oxygen atoms in total. The molecule has 1 fully saturated rings. The molecule has 0 aliphatic heterocycles. The summed E-state index contributed by atoms with van der Waals surface area (Å²) < 4.78 is 5.34. The van der Waals surface area contributed by atoms with Gasteiger partial charge in [-0.2, -0.15) is 0 Å². The zero-order valence-corrected chi connectivity index (χ0v) is 11.4. The van der Waals surface area contributed by atoms with E-state index in [-0.39, 0.29) is 6.10 Å². The van der Waals surface area contributed by atoms with Gasteiger partial charge in [0.2, 0.25) is 0 Å². The first-order valence-corrected chi connectivity index (χ1v) is 6.83. The van der Waals surface area contributed by atoms with Gasteiger partial charge in [0.1, 0.15) is 6.10 Å². The van der Waals surface area contributed by atoms with Crippen molar-refractivity contribution < 1.29 is 9.53 Å². The van der Waals surface area contributed by atoms with E-state index in [9.17, 15) is 4.79 Å². The highest BCUT2D eigenvalue weighted by Crippen LogP contribution is 2.25. The van der Waals surface area contributed by atoms with Crippen LogP contribution in [0.3, 0.4) is 0 Å². The Morgan fingerprint density at radius 2 is 1.89 bits per heavy atom. The Bertz CT molecular complexity index is 431. The average molecular weight is 288 g/mol. The second kappa shape index (κ2) is 6.30. The lowest BCUT2D eigenvalue weighted by molar-refractivity contribution is 0.0865. The topological polar surface area (TPSA) is 38.3 Å². The summed E-state index contributed by atoms with van der Waals surface area (Å²) in [5.41, 5.74) is 0.588. The first-order valence-electron chi connectivity index (χ1n) is 6.08. The molecule has 0 atom stereocenters. The molecule has 98 valence electrons. The molecular formula is C13H15Cl2NO2. The fourth-order valence-corrected chi connectivity index (χ4v) is 2.35. The highest BCUT2D eigenvalue weighted by molar-refractivity contribution is 6.42. The van der Waals surface area contributed by atoms with Gasteiger partial charge in [-0.1, -0.05) is 29.6 Å². The van der Waals surface area contributed by atoms with Gasteiger partial charge in [-0.25, -0.2) is 4.79 Å². The number of anilines is 1. The van der Waals surface area contributed by atoms with E-state index in [1.54, 1.807) is 18.2 Å². The maximum absolute atomic E-state index is 11.7. The lowest BCUT2D eigenvalue weighted by Crippen LogP contribution is -2.24. The fourth-order valence-electron chi connectivity index (χ4n) is 2.06. The third-order valence-electron chi connectivity index (χ3n) is 2.99. The van der Waals surface area contributed by atoms with E-state index in [2.05, 4.69) is 5.32 Å². The number of hydrogen-bond acceptors (Lipinski definition) is 2.